The number of alkyl halides is 7. The summed E-state index contributed by atoms with van der Waals surface area (Å²) in [5.74, 6) is -13.6. The summed E-state index contributed by atoms with van der Waals surface area (Å²) < 4.78 is 129. The molecule has 0 rings (SSSR count). The maximum Gasteiger partial charge on any atom is 0.466 e. The molecular weight excluding hydrogens is 435 g/mol. The number of hydrogen-bond donors (Lipinski definition) is 2. The number of carbonyl (C=O) groups excluding carboxylic acids is 2. The van der Waals surface area contributed by atoms with Crippen molar-refractivity contribution in [2.45, 2.75) is 36.0 Å². The largest absolute Gasteiger partial charge is 0.466 e. The van der Waals surface area contributed by atoms with Crippen LogP contribution in [-0.2, 0) is 29.2 Å². The summed E-state index contributed by atoms with van der Waals surface area (Å²) in [6, 6.07) is 0. The Balaban J connectivity index is 5.49. The normalized spacial score (nSPS) is 15.5. The highest BCUT2D eigenvalue weighted by molar-refractivity contribution is 7.87. The second-order valence-electron chi connectivity index (χ2n) is 4.97. The van der Waals surface area contributed by atoms with E-state index in [9.17, 15) is 48.7 Å². The van der Waals surface area contributed by atoms with Gasteiger partial charge in [-0.2, -0.15) is 39.2 Å². The van der Waals surface area contributed by atoms with Gasteiger partial charge in [0.2, 0.25) is 0 Å². The molecule has 0 saturated carbocycles. The first kappa shape index (κ1) is 26.1. The Morgan fingerprint density at radius 1 is 1.14 bits per heavy atom. The van der Waals surface area contributed by atoms with Crippen molar-refractivity contribution < 1.29 is 62.8 Å². The molecule has 8 nitrogen and oxygen atoms in total. The van der Waals surface area contributed by atoms with Crippen LogP contribution in [0.5, 0.6) is 0 Å². The van der Waals surface area contributed by atoms with E-state index in [1.54, 1.807) is 0 Å². The maximum atomic E-state index is 13.3. The molecule has 0 radical (unpaired) electrons. The van der Waals surface area contributed by atoms with E-state index in [1.807, 2.05) is 0 Å². The van der Waals surface area contributed by atoms with Gasteiger partial charge in [-0.05, 0) is 6.42 Å². The second kappa shape index (κ2) is 8.60. The van der Waals surface area contributed by atoms with Crippen molar-refractivity contribution in [3.05, 3.63) is 12.7 Å². The van der Waals surface area contributed by atoms with Crippen LogP contribution in [0.3, 0.4) is 0 Å². The third kappa shape index (κ3) is 5.32. The lowest BCUT2D eigenvalue weighted by Crippen LogP contribution is -2.61. The molecular formula is C12H14F7NO7S. The van der Waals surface area contributed by atoms with Gasteiger partial charge < -0.3 is 14.8 Å². The molecule has 0 saturated heterocycles. The minimum Gasteiger partial charge on any atom is -0.412 e. The monoisotopic (exact) mass is 449 g/mol. The molecule has 0 aliphatic carbocycles. The summed E-state index contributed by atoms with van der Waals surface area (Å²) >= 11 is 0. The van der Waals surface area contributed by atoms with Crippen LogP contribution in [0.15, 0.2) is 12.7 Å². The number of rotatable bonds is 10. The molecule has 28 heavy (non-hydrogen) atoms. The molecule has 0 bridgehead atoms. The first-order chi connectivity index (χ1) is 12.4. The molecule has 0 aromatic carbocycles. The third-order valence-corrected chi connectivity index (χ3v) is 3.95. The van der Waals surface area contributed by atoms with Crippen molar-refractivity contribution in [3.8, 4) is 0 Å². The molecule has 16 heteroatoms. The summed E-state index contributed by atoms with van der Waals surface area (Å²) in [5.41, 5.74) is 0. The topological polar surface area (TPSA) is 119 Å². The van der Waals surface area contributed by atoms with Gasteiger partial charge in [0.1, 0.15) is 0 Å². The van der Waals surface area contributed by atoms with Gasteiger partial charge in [0.25, 0.3) is 0 Å². The zero-order chi connectivity index (χ0) is 22.6. The Labute approximate surface area is 153 Å². The fourth-order valence-electron chi connectivity index (χ4n) is 1.60. The molecule has 0 fully saturated rings. The maximum absolute atomic E-state index is 13.3. The molecule has 164 valence electrons. The van der Waals surface area contributed by atoms with Crippen LogP contribution in [0, 0.1) is 0 Å². The van der Waals surface area contributed by atoms with Gasteiger partial charge in [0.15, 0.2) is 0 Å². The van der Waals surface area contributed by atoms with E-state index in [1.165, 1.54) is 5.32 Å². The van der Waals surface area contributed by atoms with Gasteiger partial charge >= 0.3 is 45.1 Å². The summed E-state index contributed by atoms with van der Waals surface area (Å²) in [4.78, 5) is 22.7. The number of nitrogens with one attached hydrogen (secondary N) is 1. The highest BCUT2D eigenvalue weighted by Crippen LogP contribution is 2.42. The van der Waals surface area contributed by atoms with Crippen LogP contribution in [0.4, 0.5) is 30.7 Å². The molecule has 0 aromatic rings. The van der Waals surface area contributed by atoms with Gasteiger partial charge in [-0.25, -0.2) is 4.79 Å². The predicted molar refractivity (Wildman–Crippen MR) is 75.8 cm³/mol. The van der Waals surface area contributed by atoms with Crippen molar-refractivity contribution in [2.75, 3.05) is 13.7 Å². The molecule has 1 unspecified atom stereocenters. The fraction of sp³-hybridized carbons (Fsp3) is 0.667. The van der Waals surface area contributed by atoms with Crippen molar-refractivity contribution >= 4 is 22.0 Å². The van der Waals surface area contributed by atoms with Gasteiger partial charge in [-0.1, -0.05) is 6.58 Å². The Bertz CT molecular complexity index is 708. The molecule has 0 spiro atoms. The standard InChI is InChI=1S/C12H14F7NO7S/c1-3-7(21)27-10(8(22)20-2,11(15,16)17)26-6-4-5-9(13,14)12(18,19)28(23,24)25/h3H,1,4-6H2,2H3,(H,20,22)(H,23,24,25). The first-order valence-corrected chi connectivity index (χ1v) is 8.34. The average molecular weight is 449 g/mol. The van der Waals surface area contributed by atoms with Gasteiger partial charge in [0, 0.05) is 19.5 Å². The Hall–Kier alpha value is -1.94. The Morgan fingerprint density at radius 3 is 2.00 bits per heavy atom. The second-order valence-corrected chi connectivity index (χ2v) is 6.43. The van der Waals surface area contributed by atoms with Crippen LogP contribution in [0.25, 0.3) is 0 Å². The van der Waals surface area contributed by atoms with E-state index in [0.717, 1.165) is 0 Å². The van der Waals surface area contributed by atoms with E-state index in [2.05, 4.69) is 16.1 Å². The summed E-state index contributed by atoms with van der Waals surface area (Å²) in [7, 11) is -5.84. The number of halogens is 7. The third-order valence-electron chi connectivity index (χ3n) is 3.00. The highest BCUT2D eigenvalue weighted by atomic mass is 32.2. The zero-order valence-electron chi connectivity index (χ0n) is 13.9. The summed E-state index contributed by atoms with van der Waals surface area (Å²) in [6.45, 7) is 1.29. The van der Waals surface area contributed by atoms with Gasteiger partial charge in [0.05, 0.1) is 6.61 Å². The zero-order valence-corrected chi connectivity index (χ0v) is 14.7. The smallest absolute Gasteiger partial charge is 0.412 e. The van der Waals surface area contributed by atoms with Crippen LogP contribution < -0.4 is 5.32 Å². The minimum atomic E-state index is -6.53. The molecule has 0 aromatic heterocycles. The van der Waals surface area contributed by atoms with Crippen LogP contribution in [0.1, 0.15) is 12.8 Å². The number of hydrogen-bond acceptors (Lipinski definition) is 6. The van der Waals surface area contributed by atoms with Crippen molar-refractivity contribution in [2.24, 2.45) is 0 Å². The van der Waals surface area contributed by atoms with Crippen LogP contribution in [-0.4, -0.2) is 61.6 Å². The fourth-order valence-corrected chi connectivity index (χ4v) is 2.08. The van der Waals surface area contributed by atoms with Crippen molar-refractivity contribution in [1.82, 2.24) is 5.32 Å². The average Bonchev–Trinajstić information content (AvgIpc) is 2.54. The van der Waals surface area contributed by atoms with E-state index in [0.29, 0.717) is 7.05 Å². The minimum absolute atomic E-state index is 0.230. The molecule has 0 aliphatic rings. The van der Waals surface area contributed by atoms with E-state index >= 15 is 0 Å². The lowest BCUT2D eigenvalue weighted by Gasteiger charge is -2.32. The van der Waals surface area contributed by atoms with E-state index in [4.69, 9.17) is 4.55 Å². The van der Waals surface area contributed by atoms with Gasteiger partial charge in [-0.3, -0.25) is 9.35 Å². The number of likely N-dealkylation sites (N-methyl/N-ethyl adjacent to an activating group) is 1. The van der Waals surface area contributed by atoms with E-state index in [-0.39, 0.29) is 6.08 Å². The predicted octanol–water partition coefficient (Wildman–Crippen LogP) is 1.63. The Morgan fingerprint density at radius 2 is 1.64 bits per heavy atom. The number of carbonyl (C=O) groups is 2. The summed E-state index contributed by atoms with van der Waals surface area (Å²) in [5, 5.41) is -4.47. The van der Waals surface area contributed by atoms with Gasteiger partial charge in [-0.15, -0.1) is 0 Å². The first-order valence-electron chi connectivity index (χ1n) is 6.90. The van der Waals surface area contributed by atoms with Crippen LogP contribution >= 0.6 is 0 Å². The van der Waals surface area contributed by atoms with Crippen molar-refractivity contribution in [3.63, 3.8) is 0 Å². The molecule has 2 N–H and O–H groups in total. The number of ether oxygens (including phenoxy) is 2. The number of amides is 1. The van der Waals surface area contributed by atoms with Crippen molar-refractivity contribution in [1.29, 1.82) is 0 Å². The lowest BCUT2D eigenvalue weighted by atomic mass is 10.2. The quantitative estimate of drug-likeness (QED) is 0.130. The Kier molecular flexibility index (Phi) is 8.01. The highest BCUT2D eigenvalue weighted by Gasteiger charge is 2.67. The van der Waals surface area contributed by atoms with Crippen LogP contribution in [0.2, 0.25) is 0 Å². The number of esters is 1. The summed E-state index contributed by atoms with van der Waals surface area (Å²) in [6.07, 6.45) is -8.93. The lowest BCUT2D eigenvalue weighted by molar-refractivity contribution is -0.347. The van der Waals surface area contributed by atoms with E-state index < -0.39 is 64.6 Å². The molecule has 0 heterocycles. The molecule has 1 atom stereocenters. The molecule has 0 aliphatic heterocycles. The SMILES string of the molecule is C=CC(=O)OC(OCCCC(F)(F)C(F)(F)S(=O)(=O)O)(C(=O)NC)C(F)(F)F. The molecule has 1 amide bonds.